The third-order valence-corrected chi connectivity index (χ3v) is 3.92. The predicted molar refractivity (Wildman–Crippen MR) is 83.9 cm³/mol. The summed E-state index contributed by atoms with van der Waals surface area (Å²) in [6.45, 7) is 5.38. The van der Waals surface area contributed by atoms with E-state index in [1.54, 1.807) is 0 Å². The molecule has 4 heteroatoms. The Hall–Kier alpha value is -1.39. The van der Waals surface area contributed by atoms with E-state index in [0.717, 1.165) is 19.4 Å². The van der Waals surface area contributed by atoms with Crippen LogP contribution in [0.3, 0.4) is 0 Å². The molecule has 1 amide bonds. The first kappa shape index (κ1) is 16.0. The third kappa shape index (κ3) is 4.83. The molecule has 1 aromatic rings. The van der Waals surface area contributed by atoms with Crippen molar-refractivity contribution in [3.63, 3.8) is 0 Å². The zero-order valence-corrected chi connectivity index (χ0v) is 13.0. The summed E-state index contributed by atoms with van der Waals surface area (Å²) >= 11 is 0. The fourth-order valence-electron chi connectivity index (χ4n) is 2.79. The van der Waals surface area contributed by atoms with Crippen molar-refractivity contribution in [3.8, 4) is 0 Å². The summed E-state index contributed by atoms with van der Waals surface area (Å²) in [7, 11) is 0. The minimum absolute atomic E-state index is 0.0261. The number of hydrogen-bond donors (Lipinski definition) is 2. The van der Waals surface area contributed by atoms with Crippen LogP contribution in [0, 0.1) is 12.8 Å². The van der Waals surface area contributed by atoms with Crippen LogP contribution in [0.2, 0.25) is 0 Å². The van der Waals surface area contributed by atoms with E-state index in [1.807, 2.05) is 6.92 Å². The van der Waals surface area contributed by atoms with Crippen molar-refractivity contribution in [2.24, 2.45) is 11.7 Å². The molecule has 0 radical (unpaired) electrons. The van der Waals surface area contributed by atoms with E-state index in [9.17, 15) is 4.79 Å². The van der Waals surface area contributed by atoms with E-state index in [-0.39, 0.29) is 18.1 Å². The Labute approximate surface area is 127 Å². The standard InChI is InChI=1S/C17H26N2O2/c1-12-5-7-14(8-6-12)17-15(4-3-9-21-17)11-19-16(20)10-13(2)18/h5-8,13,15,17H,3-4,9-11,18H2,1-2H3,(H,19,20). The molecule has 0 spiro atoms. The van der Waals surface area contributed by atoms with E-state index in [0.29, 0.717) is 18.9 Å². The SMILES string of the molecule is Cc1ccc(C2OCCCC2CNC(=O)CC(C)N)cc1. The van der Waals surface area contributed by atoms with E-state index < -0.39 is 0 Å². The topological polar surface area (TPSA) is 64.3 Å². The van der Waals surface area contributed by atoms with E-state index >= 15 is 0 Å². The van der Waals surface area contributed by atoms with Crippen LogP contribution in [-0.2, 0) is 9.53 Å². The number of nitrogens with two attached hydrogens (primary N) is 1. The van der Waals surface area contributed by atoms with Gasteiger partial charge in [0.15, 0.2) is 0 Å². The molecule has 1 aliphatic rings. The zero-order valence-electron chi connectivity index (χ0n) is 13.0. The zero-order chi connectivity index (χ0) is 15.2. The molecule has 3 N–H and O–H groups in total. The van der Waals surface area contributed by atoms with Gasteiger partial charge in [0.25, 0.3) is 0 Å². The van der Waals surface area contributed by atoms with Gasteiger partial charge in [0.05, 0.1) is 6.10 Å². The Morgan fingerprint density at radius 1 is 1.43 bits per heavy atom. The van der Waals surface area contributed by atoms with Crippen molar-refractivity contribution in [1.29, 1.82) is 0 Å². The van der Waals surface area contributed by atoms with Crippen molar-refractivity contribution in [2.45, 2.75) is 45.3 Å². The monoisotopic (exact) mass is 290 g/mol. The smallest absolute Gasteiger partial charge is 0.221 e. The molecule has 0 aromatic heterocycles. The molecular formula is C17H26N2O2. The molecule has 3 unspecified atom stereocenters. The van der Waals surface area contributed by atoms with Crippen LogP contribution in [0.15, 0.2) is 24.3 Å². The Morgan fingerprint density at radius 2 is 2.14 bits per heavy atom. The number of rotatable bonds is 5. The van der Waals surface area contributed by atoms with E-state index in [2.05, 4.69) is 36.5 Å². The maximum atomic E-state index is 11.8. The summed E-state index contributed by atoms with van der Waals surface area (Å²) in [6.07, 6.45) is 2.59. The minimum atomic E-state index is -0.0968. The van der Waals surface area contributed by atoms with Crippen LogP contribution in [0.25, 0.3) is 0 Å². The summed E-state index contributed by atoms with van der Waals surface area (Å²) < 4.78 is 5.95. The van der Waals surface area contributed by atoms with Gasteiger partial charge in [-0.1, -0.05) is 29.8 Å². The average molecular weight is 290 g/mol. The fourth-order valence-corrected chi connectivity index (χ4v) is 2.79. The highest BCUT2D eigenvalue weighted by atomic mass is 16.5. The summed E-state index contributed by atoms with van der Waals surface area (Å²) in [5.41, 5.74) is 8.10. The molecule has 4 nitrogen and oxygen atoms in total. The second-order valence-electron chi connectivity index (χ2n) is 6.09. The molecular weight excluding hydrogens is 264 g/mol. The Morgan fingerprint density at radius 3 is 2.81 bits per heavy atom. The van der Waals surface area contributed by atoms with Gasteiger partial charge in [0, 0.05) is 31.5 Å². The molecule has 1 heterocycles. The second kappa shape index (κ2) is 7.57. The van der Waals surface area contributed by atoms with Crippen LogP contribution < -0.4 is 11.1 Å². The van der Waals surface area contributed by atoms with Gasteiger partial charge in [-0.05, 0) is 32.3 Å². The first-order valence-electron chi connectivity index (χ1n) is 7.76. The molecule has 21 heavy (non-hydrogen) atoms. The molecule has 1 fully saturated rings. The number of ether oxygens (including phenoxy) is 1. The van der Waals surface area contributed by atoms with Gasteiger partial charge < -0.3 is 15.8 Å². The number of amides is 1. The predicted octanol–water partition coefficient (Wildman–Crippen LogP) is 2.32. The first-order chi connectivity index (χ1) is 10.1. The highest BCUT2D eigenvalue weighted by Crippen LogP contribution is 2.33. The van der Waals surface area contributed by atoms with Crippen LogP contribution >= 0.6 is 0 Å². The molecule has 0 bridgehead atoms. The first-order valence-corrected chi connectivity index (χ1v) is 7.76. The summed E-state index contributed by atoms with van der Waals surface area (Å²) in [6, 6.07) is 8.38. The van der Waals surface area contributed by atoms with Gasteiger partial charge in [0.1, 0.15) is 0 Å². The number of benzene rings is 1. The maximum absolute atomic E-state index is 11.8. The minimum Gasteiger partial charge on any atom is -0.373 e. The lowest BCUT2D eigenvalue weighted by atomic mass is 9.89. The van der Waals surface area contributed by atoms with Gasteiger partial charge in [0.2, 0.25) is 5.91 Å². The van der Waals surface area contributed by atoms with Crippen LogP contribution in [0.1, 0.15) is 43.4 Å². The molecule has 0 saturated carbocycles. The van der Waals surface area contributed by atoms with Gasteiger partial charge >= 0.3 is 0 Å². The summed E-state index contributed by atoms with van der Waals surface area (Å²) in [5, 5.41) is 3.00. The maximum Gasteiger partial charge on any atom is 0.221 e. The second-order valence-corrected chi connectivity index (χ2v) is 6.09. The Bertz CT molecular complexity index is 456. The van der Waals surface area contributed by atoms with Crippen molar-refractivity contribution in [3.05, 3.63) is 35.4 Å². The Kier molecular flexibility index (Phi) is 5.76. The third-order valence-electron chi connectivity index (χ3n) is 3.92. The van der Waals surface area contributed by atoms with Crippen molar-refractivity contribution in [2.75, 3.05) is 13.2 Å². The highest BCUT2D eigenvalue weighted by Gasteiger charge is 2.27. The molecule has 0 aliphatic carbocycles. The van der Waals surface area contributed by atoms with Crippen molar-refractivity contribution >= 4 is 5.91 Å². The molecule has 116 valence electrons. The number of aryl methyl sites for hydroxylation is 1. The van der Waals surface area contributed by atoms with Crippen LogP contribution in [0.5, 0.6) is 0 Å². The lowest BCUT2D eigenvalue weighted by Gasteiger charge is -2.32. The normalized spacial score (nSPS) is 23.6. The number of carbonyl (C=O) groups excluding carboxylic acids is 1. The number of carbonyl (C=O) groups is 1. The molecule has 3 atom stereocenters. The summed E-state index contributed by atoms with van der Waals surface area (Å²) in [4.78, 5) is 11.8. The van der Waals surface area contributed by atoms with Crippen molar-refractivity contribution < 1.29 is 9.53 Å². The fraction of sp³-hybridized carbons (Fsp3) is 0.588. The van der Waals surface area contributed by atoms with Crippen LogP contribution in [0.4, 0.5) is 0 Å². The van der Waals surface area contributed by atoms with Gasteiger partial charge in [-0.2, -0.15) is 0 Å². The lowest BCUT2D eigenvalue weighted by Crippen LogP contribution is -2.37. The average Bonchev–Trinajstić information content (AvgIpc) is 2.46. The lowest BCUT2D eigenvalue weighted by molar-refractivity contribution is -0.122. The van der Waals surface area contributed by atoms with Crippen LogP contribution in [-0.4, -0.2) is 25.1 Å². The van der Waals surface area contributed by atoms with E-state index in [1.165, 1.54) is 11.1 Å². The van der Waals surface area contributed by atoms with Crippen molar-refractivity contribution in [1.82, 2.24) is 5.32 Å². The highest BCUT2D eigenvalue weighted by molar-refractivity contribution is 5.76. The summed E-state index contributed by atoms with van der Waals surface area (Å²) in [5.74, 6) is 0.358. The Balaban J connectivity index is 1.95. The molecule has 1 aliphatic heterocycles. The number of hydrogen-bond acceptors (Lipinski definition) is 3. The molecule has 1 aromatic carbocycles. The number of nitrogens with one attached hydrogen (secondary N) is 1. The van der Waals surface area contributed by atoms with Gasteiger partial charge in [-0.3, -0.25) is 4.79 Å². The molecule has 1 saturated heterocycles. The molecule has 2 rings (SSSR count). The van der Waals surface area contributed by atoms with Gasteiger partial charge in [-0.15, -0.1) is 0 Å². The van der Waals surface area contributed by atoms with E-state index in [4.69, 9.17) is 10.5 Å². The largest absolute Gasteiger partial charge is 0.373 e. The quantitative estimate of drug-likeness (QED) is 0.874. The van der Waals surface area contributed by atoms with Gasteiger partial charge in [-0.25, -0.2) is 0 Å².